The number of benzene rings is 1. The molecule has 1 aliphatic heterocycles. The number of nitrogens with one attached hydrogen (secondary N) is 1. The van der Waals surface area contributed by atoms with Gasteiger partial charge in [0.1, 0.15) is 0 Å². The molecule has 0 bridgehead atoms. The highest BCUT2D eigenvalue weighted by molar-refractivity contribution is 7.08. The van der Waals surface area contributed by atoms with Crippen LogP contribution in [-0.2, 0) is 11.3 Å². The van der Waals surface area contributed by atoms with Crippen molar-refractivity contribution in [1.29, 1.82) is 0 Å². The molecule has 0 spiro atoms. The number of nitrogens with zero attached hydrogens (tertiary/aromatic N) is 1. The van der Waals surface area contributed by atoms with Crippen LogP contribution in [0.1, 0.15) is 22.3 Å². The predicted octanol–water partition coefficient (Wildman–Crippen LogP) is 2.28. The molecule has 5 heteroatoms. The zero-order chi connectivity index (χ0) is 14.7. The number of amides is 2. The van der Waals surface area contributed by atoms with Gasteiger partial charge in [-0.3, -0.25) is 9.59 Å². The third-order valence-corrected chi connectivity index (χ3v) is 4.23. The van der Waals surface area contributed by atoms with Crippen LogP contribution in [0.3, 0.4) is 0 Å². The Hall–Kier alpha value is -2.14. The lowest BCUT2D eigenvalue weighted by Crippen LogP contribution is -2.36. The zero-order valence-electron chi connectivity index (χ0n) is 11.5. The molecule has 2 amide bonds. The molecule has 108 valence electrons. The summed E-state index contributed by atoms with van der Waals surface area (Å²) in [6, 6.07) is 11.6. The van der Waals surface area contributed by atoms with E-state index in [0.717, 1.165) is 5.56 Å². The van der Waals surface area contributed by atoms with Gasteiger partial charge in [0.15, 0.2) is 0 Å². The molecule has 1 aliphatic rings. The Morgan fingerprint density at radius 2 is 2.10 bits per heavy atom. The molecule has 4 nitrogen and oxygen atoms in total. The summed E-state index contributed by atoms with van der Waals surface area (Å²) in [6.45, 7) is 1.17. The quantitative estimate of drug-likeness (QED) is 0.942. The number of carbonyl (C=O) groups excluding carboxylic acids is 2. The van der Waals surface area contributed by atoms with Gasteiger partial charge >= 0.3 is 0 Å². The van der Waals surface area contributed by atoms with Gasteiger partial charge in [0.25, 0.3) is 5.91 Å². The fourth-order valence-corrected chi connectivity index (χ4v) is 3.12. The molecule has 21 heavy (non-hydrogen) atoms. The molecular formula is C16H16N2O2S. The molecular weight excluding hydrogens is 284 g/mol. The Balaban J connectivity index is 1.58. The summed E-state index contributed by atoms with van der Waals surface area (Å²) in [5.41, 5.74) is 1.77. The largest absolute Gasteiger partial charge is 0.347 e. The lowest BCUT2D eigenvalue weighted by atomic mass is 10.2. The van der Waals surface area contributed by atoms with Gasteiger partial charge in [-0.1, -0.05) is 30.3 Å². The Labute approximate surface area is 127 Å². The summed E-state index contributed by atoms with van der Waals surface area (Å²) in [7, 11) is 0. The smallest absolute Gasteiger partial charge is 0.252 e. The average molecular weight is 300 g/mol. The zero-order valence-corrected chi connectivity index (χ0v) is 12.3. The van der Waals surface area contributed by atoms with Crippen molar-refractivity contribution in [3.63, 3.8) is 0 Å². The Kier molecular flexibility index (Phi) is 4.01. The van der Waals surface area contributed by atoms with E-state index < -0.39 is 0 Å². The standard InChI is InChI=1S/C16H16N2O2S/c19-15-8-14(17-16(20)13-6-7-21-11-13)10-18(15)9-12-4-2-1-3-5-12/h1-7,11,14H,8-10H2,(H,17,20)/t14-/m1/s1. The van der Waals surface area contributed by atoms with Gasteiger partial charge in [-0.15, -0.1) is 0 Å². The van der Waals surface area contributed by atoms with Crippen molar-refractivity contribution in [2.45, 2.75) is 19.0 Å². The number of hydrogen-bond acceptors (Lipinski definition) is 3. The van der Waals surface area contributed by atoms with Crippen molar-refractivity contribution in [1.82, 2.24) is 10.2 Å². The fraction of sp³-hybridized carbons (Fsp3) is 0.250. The van der Waals surface area contributed by atoms with Crippen LogP contribution in [0.25, 0.3) is 0 Å². The topological polar surface area (TPSA) is 49.4 Å². The summed E-state index contributed by atoms with van der Waals surface area (Å²) < 4.78 is 0. The fourth-order valence-electron chi connectivity index (χ4n) is 2.49. The average Bonchev–Trinajstić information content (AvgIpc) is 3.11. The summed E-state index contributed by atoms with van der Waals surface area (Å²) in [5, 5.41) is 6.62. The van der Waals surface area contributed by atoms with Gasteiger partial charge in [0.2, 0.25) is 5.91 Å². The second-order valence-electron chi connectivity index (χ2n) is 5.15. The second kappa shape index (κ2) is 6.10. The molecule has 1 fully saturated rings. The molecule has 0 unspecified atom stereocenters. The summed E-state index contributed by atoms with van der Waals surface area (Å²) in [5.74, 6) is -0.00918. The highest BCUT2D eigenvalue weighted by Gasteiger charge is 2.30. The molecule has 0 saturated carbocycles. The minimum Gasteiger partial charge on any atom is -0.347 e. The minimum absolute atomic E-state index is 0.0921. The van der Waals surface area contributed by atoms with E-state index >= 15 is 0 Å². The molecule has 2 aromatic rings. The monoisotopic (exact) mass is 300 g/mol. The van der Waals surface area contributed by atoms with Gasteiger partial charge in [-0.25, -0.2) is 0 Å². The third-order valence-electron chi connectivity index (χ3n) is 3.55. The van der Waals surface area contributed by atoms with Crippen LogP contribution < -0.4 is 5.32 Å². The molecule has 1 atom stereocenters. The van der Waals surface area contributed by atoms with Gasteiger partial charge in [-0.05, 0) is 17.0 Å². The number of hydrogen-bond donors (Lipinski definition) is 1. The van der Waals surface area contributed by atoms with Crippen molar-refractivity contribution in [3.05, 3.63) is 58.3 Å². The first kappa shape index (κ1) is 13.8. The number of carbonyl (C=O) groups is 2. The van der Waals surface area contributed by atoms with Crippen molar-refractivity contribution in [2.75, 3.05) is 6.54 Å². The van der Waals surface area contributed by atoms with Gasteiger partial charge in [0, 0.05) is 30.5 Å². The number of rotatable bonds is 4. The van der Waals surface area contributed by atoms with E-state index in [-0.39, 0.29) is 17.9 Å². The first-order chi connectivity index (χ1) is 10.2. The molecule has 2 heterocycles. The molecule has 3 rings (SSSR count). The normalized spacial score (nSPS) is 18.0. The van der Waals surface area contributed by atoms with Crippen molar-refractivity contribution < 1.29 is 9.59 Å². The number of likely N-dealkylation sites (tertiary alicyclic amines) is 1. The Morgan fingerprint density at radius 1 is 1.29 bits per heavy atom. The van der Waals surface area contributed by atoms with Crippen LogP contribution in [0, 0.1) is 0 Å². The maximum Gasteiger partial charge on any atom is 0.252 e. The summed E-state index contributed by atoms with van der Waals surface area (Å²) in [4.78, 5) is 25.8. The van der Waals surface area contributed by atoms with Crippen molar-refractivity contribution in [2.24, 2.45) is 0 Å². The van der Waals surface area contributed by atoms with Gasteiger partial charge in [0.05, 0.1) is 6.04 Å². The third kappa shape index (κ3) is 3.31. The lowest BCUT2D eigenvalue weighted by Gasteiger charge is -2.17. The SMILES string of the molecule is O=C(N[C@@H]1CC(=O)N(Cc2ccccc2)C1)c1ccsc1. The van der Waals surface area contributed by atoms with Gasteiger partial charge < -0.3 is 10.2 Å². The molecule has 1 N–H and O–H groups in total. The van der Waals surface area contributed by atoms with E-state index in [1.54, 1.807) is 11.0 Å². The Bertz CT molecular complexity index is 625. The Morgan fingerprint density at radius 3 is 2.81 bits per heavy atom. The van der Waals surface area contributed by atoms with E-state index in [2.05, 4.69) is 5.32 Å². The highest BCUT2D eigenvalue weighted by atomic mass is 32.1. The van der Waals surface area contributed by atoms with Crippen LogP contribution >= 0.6 is 11.3 Å². The molecule has 0 radical (unpaired) electrons. The highest BCUT2D eigenvalue weighted by Crippen LogP contribution is 2.16. The minimum atomic E-state index is -0.103. The maximum atomic E-state index is 12.0. The molecule has 1 aromatic carbocycles. The first-order valence-corrected chi connectivity index (χ1v) is 7.81. The molecule has 1 saturated heterocycles. The van der Waals surface area contributed by atoms with Crippen LogP contribution in [0.5, 0.6) is 0 Å². The number of thiophene rings is 1. The van der Waals surface area contributed by atoms with Crippen LogP contribution in [-0.4, -0.2) is 29.3 Å². The summed E-state index contributed by atoms with van der Waals surface area (Å²) in [6.07, 6.45) is 0.378. The predicted molar refractivity (Wildman–Crippen MR) is 82.0 cm³/mol. The second-order valence-corrected chi connectivity index (χ2v) is 5.93. The van der Waals surface area contributed by atoms with Crippen LogP contribution in [0.4, 0.5) is 0 Å². The van der Waals surface area contributed by atoms with Crippen molar-refractivity contribution in [3.8, 4) is 0 Å². The van der Waals surface area contributed by atoms with Crippen LogP contribution in [0.15, 0.2) is 47.2 Å². The van der Waals surface area contributed by atoms with Crippen molar-refractivity contribution >= 4 is 23.2 Å². The van der Waals surface area contributed by atoms with Crippen LogP contribution in [0.2, 0.25) is 0 Å². The van der Waals surface area contributed by atoms with E-state index in [0.29, 0.717) is 25.1 Å². The molecule has 1 aromatic heterocycles. The lowest BCUT2D eigenvalue weighted by molar-refractivity contribution is -0.128. The molecule has 0 aliphatic carbocycles. The van der Waals surface area contributed by atoms with Gasteiger partial charge in [-0.2, -0.15) is 11.3 Å². The van der Waals surface area contributed by atoms with E-state index in [9.17, 15) is 9.59 Å². The first-order valence-electron chi connectivity index (χ1n) is 6.87. The van der Waals surface area contributed by atoms with E-state index in [1.807, 2.05) is 41.1 Å². The van der Waals surface area contributed by atoms with E-state index in [4.69, 9.17) is 0 Å². The van der Waals surface area contributed by atoms with E-state index in [1.165, 1.54) is 11.3 Å². The maximum absolute atomic E-state index is 12.0. The summed E-state index contributed by atoms with van der Waals surface area (Å²) >= 11 is 1.49.